The first-order valence-corrected chi connectivity index (χ1v) is 3.63. The minimum Gasteiger partial charge on any atom is -0.411 e. The van der Waals surface area contributed by atoms with E-state index in [0.717, 1.165) is 5.56 Å². The Labute approximate surface area is 71.3 Å². The highest BCUT2D eigenvalue weighted by atomic mass is 16.5. The van der Waals surface area contributed by atoms with Gasteiger partial charge in [-0.1, -0.05) is 35.5 Å². The lowest BCUT2D eigenvalue weighted by molar-refractivity contribution is 0.158. The molecule has 0 saturated carbocycles. The molecule has 0 heterocycles. The molecule has 0 spiro atoms. The van der Waals surface area contributed by atoms with E-state index >= 15 is 0 Å². The van der Waals surface area contributed by atoms with Gasteiger partial charge in [-0.15, -0.1) is 0 Å². The number of ether oxygens (including phenoxy) is 1. The zero-order chi connectivity index (χ0) is 8.81. The van der Waals surface area contributed by atoms with Gasteiger partial charge in [0, 0.05) is 7.11 Å². The van der Waals surface area contributed by atoms with Crippen molar-refractivity contribution in [3.63, 3.8) is 0 Å². The van der Waals surface area contributed by atoms with E-state index in [1.165, 1.54) is 6.21 Å². The number of hydrogen-bond donors (Lipinski definition) is 1. The van der Waals surface area contributed by atoms with Gasteiger partial charge in [-0.3, -0.25) is 0 Å². The Morgan fingerprint density at radius 2 is 2.08 bits per heavy atom. The van der Waals surface area contributed by atoms with Crippen LogP contribution >= 0.6 is 0 Å². The summed E-state index contributed by atoms with van der Waals surface area (Å²) in [5.74, 6) is 0. The summed E-state index contributed by atoms with van der Waals surface area (Å²) in [7, 11) is 1.57. The highest BCUT2D eigenvalue weighted by Gasteiger charge is 2.05. The number of rotatable bonds is 3. The molecule has 1 atom stereocenters. The van der Waals surface area contributed by atoms with Gasteiger partial charge < -0.3 is 9.94 Å². The monoisotopic (exact) mass is 165 g/mol. The summed E-state index contributed by atoms with van der Waals surface area (Å²) in [5, 5.41) is 11.3. The lowest BCUT2D eigenvalue weighted by Crippen LogP contribution is -2.02. The van der Waals surface area contributed by atoms with Crippen LogP contribution in [0.4, 0.5) is 0 Å². The number of hydrogen-bond acceptors (Lipinski definition) is 3. The van der Waals surface area contributed by atoms with Gasteiger partial charge in [-0.2, -0.15) is 0 Å². The van der Waals surface area contributed by atoms with Gasteiger partial charge in [-0.05, 0) is 5.56 Å². The van der Waals surface area contributed by atoms with Crippen molar-refractivity contribution in [1.82, 2.24) is 0 Å². The van der Waals surface area contributed by atoms with E-state index in [1.807, 2.05) is 30.3 Å². The van der Waals surface area contributed by atoms with Crippen LogP contribution in [0.5, 0.6) is 0 Å². The van der Waals surface area contributed by atoms with Crippen molar-refractivity contribution in [3.8, 4) is 0 Å². The molecule has 3 nitrogen and oxygen atoms in total. The molecule has 1 aromatic carbocycles. The molecule has 0 aliphatic rings. The minimum atomic E-state index is -0.267. The second-order valence-corrected chi connectivity index (χ2v) is 2.33. The maximum atomic E-state index is 8.32. The summed E-state index contributed by atoms with van der Waals surface area (Å²) in [6.45, 7) is 0. The average Bonchev–Trinajstić information content (AvgIpc) is 2.15. The van der Waals surface area contributed by atoms with E-state index in [9.17, 15) is 0 Å². The van der Waals surface area contributed by atoms with Gasteiger partial charge in [0.2, 0.25) is 0 Å². The van der Waals surface area contributed by atoms with Crippen LogP contribution < -0.4 is 0 Å². The summed E-state index contributed by atoms with van der Waals surface area (Å²) in [6, 6.07) is 9.57. The lowest BCUT2D eigenvalue weighted by Gasteiger charge is -2.08. The number of nitrogens with zero attached hydrogens (tertiary/aromatic N) is 1. The van der Waals surface area contributed by atoms with Crippen LogP contribution in [-0.2, 0) is 4.74 Å². The van der Waals surface area contributed by atoms with Gasteiger partial charge >= 0.3 is 0 Å². The fourth-order valence-corrected chi connectivity index (χ4v) is 0.986. The summed E-state index contributed by atoms with van der Waals surface area (Å²) >= 11 is 0. The highest BCUT2D eigenvalue weighted by molar-refractivity contribution is 5.65. The molecule has 0 bridgehead atoms. The smallest absolute Gasteiger partial charge is 0.121 e. The molecular formula is C9H11NO2. The molecule has 0 radical (unpaired) electrons. The Bertz CT molecular complexity index is 246. The van der Waals surface area contributed by atoms with E-state index < -0.39 is 0 Å². The fourth-order valence-electron chi connectivity index (χ4n) is 0.986. The SMILES string of the molecule is CO[C@@H](/C=N/O)c1ccccc1. The number of methoxy groups -OCH3 is 1. The van der Waals surface area contributed by atoms with Crippen LogP contribution in [0.15, 0.2) is 35.5 Å². The molecule has 12 heavy (non-hydrogen) atoms. The van der Waals surface area contributed by atoms with Crippen LogP contribution in [0.3, 0.4) is 0 Å². The first-order chi connectivity index (χ1) is 5.88. The van der Waals surface area contributed by atoms with Gasteiger partial charge in [0.25, 0.3) is 0 Å². The van der Waals surface area contributed by atoms with Crippen molar-refractivity contribution >= 4 is 6.21 Å². The van der Waals surface area contributed by atoms with Crippen molar-refractivity contribution in [3.05, 3.63) is 35.9 Å². The van der Waals surface area contributed by atoms with Crippen molar-refractivity contribution in [2.75, 3.05) is 7.11 Å². The third-order valence-electron chi connectivity index (χ3n) is 1.58. The van der Waals surface area contributed by atoms with Gasteiger partial charge in [-0.25, -0.2) is 0 Å². The molecule has 0 aromatic heterocycles. The van der Waals surface area contributed by atoms with Crippen molar-refractivity contribution in [2.45, 2.75) is 6.10 Å². The lowest BCUT2D eigenvalue weighted by atomic mass is 10.1. The molecule has 0 fully saturated rings. The molecule has 0 aliphatic heterocycles. The van der Waals surface area contributed by atoms with Crippen molar-refractivity contribution < 1.29 is 9.94 Å². The van der Waals surface area contributed by atoms with Crippen LogP contribution in [0.2, 0.25) is 0 Å². The first kappa shape index (κ1) is 8.74. The second-order valence-electron chi connectivity index (χ2n) is 2.33. The summed E-state index contributed by atoms with van der Waals surface area (Å²) in [6.07, 6.45) is 1.08. The first-order valence-electron chi connectivity index (χ1n) is 3.63. The van der Waals surface area contributed by atoms with Gasteiger partial charge in [0.05, 0.1) is 6.21 Å². The molecule has 1 N–H and O–H groups in total. The fraction of sp³-hybridized carbons (Fsp3) is 0.222. The Morgan fingerprint density at radius 1 is 1.42 bits per heavy atom. The molecule has 64 valence electrons. The molecule has 0 aliphatic carbocycles. The van der Waals surface area contributed by atoms with E-state index in [-0.39, 0.29) is 6.10 Å². The molecule has 1 rings (SSSR count). The molecule has 0 saturated heterocycles. The van der Waals surface area contributed by atoms with Gasteiger partial charge in [0.15, 0.2) is 0 Å². The third kappa shape index (κ3) is 2.07. The molecule has 3 heteroatoms. The number of benzene rings is 1. The van der Waals surface area contributed by atoms with Crippen LogP contribution in [-0.4, -0.2) is 18.5 Å². The maximum absolute atomic E-state index is 8.32. The largest absolute Gasteiger partial charge is 0.411 e. The van der Waals surface area contributed by atoms with E-state index in [4.69, 9.17) is 9.94 Å². The Balaban J connectivity index is 2.80. The topological polar surface area (TPSA) is 41.8 Å². The Morgan fingerprint density at radius 3 is 2.58 bits per heavy atom. The molecule has 1 aromatic rings. The number of oxime groups is 1. The molecule has 0 unspecified atom stereocenters. The third-order valence-corrected chi connectivity index (χ3v) is 1.58. The second kappa shape index (κ2) is 4.51. The summed E-state index contributed by atoms with van der Waals surface area (Å²) in [5.41, 5.74) is 0.970. The highest BCUT2D eigenvalue weighted by Crippen LogP contribution is 2.12. The predicted octanol–water partition coefficient (Wildman–Crippen LogP) is 1.83. The average molecular weight is 165 g/mol. The Hall–Kier alpha value is -1.35. The normalized spacial score (nSPS) is 13.4. The van der Waals surface area contributed by atoms with Crippen LogP contribution in [0, 0.1) is 0 Å². The summed E-state index contributed by atoms with van der Waals surface area (Å²) in [4.78, 5) is 0. The van der Waals surface area contributed by atoms with Crippen LogP contribution in [0.25, 0.3) is 0 Å². The maximum Gasteiger partial charge on any atom is 0.121 e. The predicted molar refractivity (Wildman–Crippen MR) is 46.5 cm³/mol. The minimum absolute atomic E-state index is 0.267. The Kier molecular flexibility index (Phi) is 3.29. The van der Waals surface area contributed by atoms with E-state index in [1.54, 1.807) is 7.11 Å². The van der Waals surface area contributed by atoms with Crippen molar-refractivity contribution in [2.24, 2.45) is 5.16 Å². The quantitative estimate of drug-likeness (QED) is 0.422. The van der Waals surface area contributed by atoms with Crippen molar-refractivity contribution in [1.29, 1.82) is 0 Å². The van der Waals surface area contributed by atoms with E-state index in [0.29, 0.717) is 0 Å². The van der Waals surface area contributed by atoms with Crippen LogP contribution in [0.1, 0.15) is 11.7 Å². The van der Waals surface area contributed by atoms with Gasteiger partial charge in [0.1, 0.15) is 6.10 Å². The van der Waals surface area contributed by atoms with E-state index in [2.05, 4.69) is 5.16 Å². The standard InChI is InChI=1S/C9H11NO2/c1-12-9(7-10-11)8-5-3-2-4-6-8/h2-7,9,11H,1H3/b10-7+/t9-/m0/s1. The molecular weight excluding hydrogens is 154 g/mol. The zero-order valence-electron chi connectivity index (χ0n) is 6.84. The summed E-state index contributed by atoms with van der Waals surface area (Å²) < 4.78 is 5.07. The zero-order valence-corrected chi connectivity index (χ0v) is 6.84. The molecule has 0 amide bonds.